The Labute approximate surface area is 484 Å². The maximum absolute atomic E-state index is 2.55. The first kappa shape index (κ1) is 54.9. The van der Waals surface area contributed by atoms with Gasteiger partial charge in [0.1, 0.15) is 0 Å². The molecule has 0 saturated carbocycles. The molecular formula is C80H81N. The molecule has 0 saturated heterocycles. The van der Waals surface area contributed by atoms with E-state index >= 15 is 0 Å². The van der Waals surface area contributed by atoms with E-state index in [1.165, 1.54) is 139 Å². The van der Waals surface area contributed by atoms with Crippen molar-refractivity contribution in [2.24, 2.45) is 0 Å². The second-order valence-corrected chi connectivity index (χ2v) is 26.2. The van der Waals surface area contributed by atoms with Gasteiger partial charge in [-0.2, -0.15) is 0 Å². The van der Waals surface area contributed by atoms with Crippen LogP contribution in [0.5, 0.6) is 0 Å². The summed E-state index contributed by atoms with van der Waals surface area (Å²) in [5, 5.41) is 2.45. The van der Waals surface area contributed by atoms with Crippen molar-refractivity contribution in [3.8, 4) is 83.6 Å². The van der Waals surface area contributed by atoms with Gasteiger partial charge in [-0.05, 0) is 207 Å². The molecule has 0 radical (unpaired) electrons. The SMILES string of the molecule is CC(C)c1ccccc1-c1cc(-c2ccc3c(c2)c2cc(-c4cc(-c5ccccc5C(C)C)cc(-c5ccccc5C(C)C)c4)ccc2n3-c2ccccc2-c2cc(C(C)(C)C)cc(C(C)(C)C)c2)cc(-c2ccccc2C(C)C)c1. The fraction of sp³-hybridized carbons (Fsp3) is 0.250. The van der Waals surface area contributed by atoms with E-state index in [4.69, 9.17) is 0 Å². The Kier molecular flexibility index (Phi) is 14.8. The molecule has 0 N–H and O–H groups in total. The van der Waals surface area contributed by atoms with Gasteiger partial charge < -0.3 is 4.57 Å². The molecule has 406 valence electrons. The Morgan fingerprint density at radius 3 is 0.864 bits per heavy atom. The predicted molar refractivity (Wildman–Crippen MR) is 353 cm³/mol. The maximum atomic E-state index is 2.55. The topological polar surface area (TPSA) is 4.93 Å². The molecule has 11 rings (SSSR count). The van der Waals surface area contributed by atoms with Gasteiger partial charge in [0.2, 0.25) is 0 Å². The molecule has 1 heterocycles. The number of aromatic nitrogens is 1. The molecule has 0 aliphatic carbocycles. The predicted octanol–water partition coefficient (Wildman–Crippen LogP) is 23.5. The largest absolute Gasteiger partial charge is 0.309 e. The number of fused-ring (bicyclic) bond motifs is 3. The van der Waals surface area contributed by atoms with Crippen molar-refractivity contribution in [1.82, 2.24) is 4.57 Å². The van der Waals surface area contributed by atoms with Crippen molar-refractivity contribution in [3.63, 3.8) is 0 Å². The van der Waals surface area contributed by atoms with Gasteiger partial charge in [-0.1, -0.05) is 243 Å². The molecule has 0 spiro atoms. The molecule has 0 aliphatic heterocycles. The molecule has 0 aliphatic rings. The number of para-hydroxylation sites is 1. The summed E-state index contributed by atoms with van der Waals surface area (Å²) in [6, 6.07) is 81.5. The molecular weight excluding hydrogens is 975 g/mol. The normalized spacial score (nSPS) is 12.3. The van der Waals surface area contributed by atoms with Crippen LogP contribution in [-0.2, 0) is 10.8 Å². The van der Waals surface area contributed by atoms with E-state index in [0.717, 1.165) is 0 Å². The van der Waals surface area contributed by atoms with E-state index in [1.807, 2.05) is 0 Å². The third kappa shape index (κ3) is 10.8. The lowest BCUT2D eigenvalue weighted by Gasteiger charge is -2.27. The van der Waals surface area contributed by atoms with Gasteiger partial charge in [-0.25, -0.2) is 0 Å². The Hall–Kier alpha value is -8.00. The first-order chi connectivity index (χ1) is 38.7. The number of hydrogen-bond acceptors (Lipinski definition) is 0. The molecule has 10 aromatic carbocycles. The molecule has 0 unspecified atom stereocenters. The van der Waals surface area contributed by atoms with Crippen molar-refractivity contribution < 1.29 is 0 Å². The van der Waals surface area contributed by atoms with E-state index in [0.29, 0.717) is 23.7 Å². The van der Waals surface area contributed by atoms with Crippen LogP contribution in [-0.4, -0.2) is 4.57 Å². The van der Waals surface area contributed by atoms with Crippen LogP contribution in [0, 0.1) is 0 Å². The van der Waals surface area contributed by atoms with Crippen molar-refractivity contribution in [1.29, 1.82) is 0 Å². The summed E-state index contributed by atoms with van der Waals surface area (Å²) < 4.78 is 2.55. The maximum Gasteiger partial charge on any atom is 0.0541 e. The van der Waals surface area contributed by atoms with Crippen LogP contribution in [0.25, 0.3) is 105 Å². The highest BCUT2D eigenvalue weighted by molar-refractivity contribution is 6.12. The van der Waals surface area contributed by atoms with Crippen LogP contribution in [0.15, 0.2) is 212 Å². The second-order valence-electron chi connectivity index (χ2n) is 26.2. The van der Waals surface area contributed by atoms with Crippen LogP contribution < -0.4 is 0 Å². The molecule has 0 bridgehead atoms. The molecule has 81 heavy (non-hydrogen) atoms. The summed E-state index contributed by atoms with van der Waals surface area (Å²) in [5.41, 5.74) is 29.0. The van der Waals surface area contributed by atoms with Crippen LogP contribution in [0.4, 0.5) is 0 Å². The Bertz CT molecular complexity index is 3750. The highest BCUT2D eigenvalue weighted by Gasteiger charge is 2.25. The molecule has 0 fully saturated rings. The molecule has 11 aromatic rings. The van der Waals surface area contributed by atoms with Gasteiger partial charge in [-0.3, -0.25) is 0 Å². The zero-order valence-corrected chi connectivity index (χ0v) is 50.5. The standard InChI is InChI=1S/C80H81N/c1-50(2)65-25-15-19-29-69(65)58-39-56(40-59(43-58)70-30-20-16-26-66(70)51(3)4)54-35-37-77-74(47-54)75-48-55(57-41-60(71-31-21-17-27-67(71)52(5)6)44-61(42-57)72-32-22-18-28-68(72)53(7)8)36-38-78(75)81(77)76-34-24-23-33-73(76)62-45-63(79(9,10)11)49-64(46-62)80(12,13)14/h15-53H,1-14H3. The van der Waals surface area contributed by atoms with E-state index in [9.17, 15) is 0 Å². The number of rotatable bonds is 12. The van der Waals surface area contributed by atoms with Crippen molar-refractivity contribution in [2.75, 3.05) is 0 Å². The quantitative estimate of drug-likeness (QED) is 0.115. The average molecular weight is 1060 g/mol. The molecule has 0 atom stereocenters. The molecule has 1 aromatic heterocycles. The van der Waals surface area contributed by atoms with Gasteiger partial charge in [-0.15, -0.1) is 0 Å². The summed E-state index contributed by atoms with van der Waals surface area (Å²) >= 11 is 0. The van der Waals surface area contributed by atoms with Crippen LogP contribution in [0.3, 0.4) is 0 Å². The highest BCUT2D eigenvalue weighted by atomic mass is 15.0. The lowest BCUT2D eigenvalue weighted by molar-refractivity contribution is 0.569. The monoisotopic (exact) mass is 1060 g/mol. The van der Waals surface area contributed by atoms with Crippen LogP contribution in [0.1, 0.15) is 154 Å². The first-order valence-corrected chi connectivity index (χ1v) is 29.8. The van der Waals surface area contributed by atoms with E-state index < -0.39 is 0 Å². The summed E-state index contributed by atoms with van der Waals surface area (Å²) in [4.78, 5) is 0. The van der Waals surface area contributed by atoms with Gasteiger partial charge in [0.25, 0.3) is 0 Å². The fourth-order valence-electron chi connectivity index (χ4n) is 12.5. The minimum Gasteiger partial charge on any atom is -0.309 e. The van der Waals surface area contributed by atoms with Crippen molar-refractivity contribution in [3.05, 3.63) is 246 Å². The smallest absolute Gasteiger partial charge is 0.0541 e. The van der Waals surface area contributed by atoms with E-state index in [2.05, 4.69) is 314 Å². The number of benzene rings is 10. The minimum absolute atomic E-state index is 0.0274. The third-order valence-electron chi connectivity index (χ3n) is 17.0. The van der Waals surface area contributed by atoms with Gasteiger partial charge >= 0.3 is 0 Å². The molecule has 1 heteroatoms. The van der Waals surface area contributed by atoms with E-state index in [-0.39, 0.29) is 10.8 Å². The van der Waals surface area contributed by atoms with Gasteiger partial charge in [0.05, 0.1) is 16.7 Å². The van der Waals surface area contributed by atoms with Crippen LogP contribution >= 0.6 is 0 Å². The lowest BCUT2D eigenvalue weighted by Crippen LogP contribution is -2.16. The zero-order valence-electron chi connectivity index (χ0n) is 50.5. The summed E-state index contributed by atoms with van der Waals surface area (Å²) in [5.74, 6) is 1.49. The van der Waals surface area contributed by atoms with Gasteiger partial charge in [0.15, 0.2) is 0 Å². The van der Waals surface area contributed by atoms with E-state index in [1.54, 1.807) is 0 Å². The Balaban J connectivity index is 1.21. The number of hydrogen-bond donors (Lipinski definition) is 0. The Morgan fingerprint density at radius 2 is 0.543 bits per heavy atom. The summed E-state index contributed by atoms with van der Waals surface area (Å²) in [6.45, 7) is 32.5. The average Bonchev–Trinajstić information content (AvgIpc) is 3.33. The number of nitrogens with zero attached hydrogens (tertiary/aromatic N) is 1. The summed E-state index contributed by atoms with van der Waals surface area (Å²) in [6.07, 6.45) is 0. The minimum atomic E-state index is -0.0274. The second kappa shape index (κ2) is 21.8. The van der Waals surface area contributed by atoms with Gasteiger partial charge in [0, 0.05) is 16.3 Å². The van der Waals surface area contributed by atoms with Crippen molar-refractivity contribution in [2.45, 2.75) is 131 Å². The molecule has 1 nitrogen and oxygen atoms in total. The highest BCUT2D eigenvalue weighted by Crippen LogP contribution is 2.45. The lowest BCUT2D eigenvalue weighted by atomic mass is 9.79. The first-order valence-electron chi connectivity index (χ1n) is 29.8. The van der Waals surface area contributed by atoms with Crippen molar-refractivity contribution >= 4 is 21.8 Å². The fourth-order valence-corrected chi connectivity index (χ4v) is 12.5. The Morgan fingerprint density at radius 1 is 0.259 bits per heavy atom. The zero-order chi connectivity index (χ0) is 57.1. The summed E-state index contributed by atoms with van der Waals surface area (Å²) in [7, 11) is 0. The molecule has 0 amide bonds. The third-order valence-corrected chi connectivity index (χ3v) is 17.0. The van der Waals surface area contributed by atoms with Crippen LogP contribution in [0.2, 0.25) is 0 Å².